The highest BCUT2D eigenvalue weighted by Gasteiger charge is 2.15. The molecule has 0 radical (unpaired) electrons. The topological polar surface area (TPSA) is 126 Å². The molecular formula is C27H23N3O5S. The van der Waals surface area contributed by atoms with E-state index in [1.807, 2.05) is 24.3 Å². The number of benzene rings is 2. The van der Waals surface area contributed by atoms with Crippen LogP contribution in [0.4, 0.5) is 0 Å². The van der Waals surface area contributed by atoms with E-state index in [9.17, 15) is 23.1 Å². The second-order valence-electron chi connectivity index (χ2n) is 8.29. The van der Waals surface area contributed by atoms with Crippen LogP contribution in [0, 0.1) is 6.92 Å². The van der Waals surface area contributed by atoms with E-state index in [-0.39, 0.29) is 22.6 Å². The largest absolute Gasteiger partial charge is 0.478 e. The summed E-state index contributed by atoms with van der Waals surface area (Å²) in [4.78, 5) is 32.8. The summed E-state index contributed by atoms with van der Waals surface area (Å²) in [6.07, 6.45) is 4.40. The molecule has 2 heterocycles. The number of aromatic nitrogens is 2. The predicted molar refractivity (Wildman–Crippen MR) is 135 cm³/mol. The molecule has 0 aliphatic heterocycles. The maximum atomic E-state index is 12.7. The number of carboxylic acid groups (broad SMARTS) is 1. The fraction of sp³-hybridized carbons (Fsp3) is 0.111. The number of carboxylic acids is 1. The predicted octanol–water partition coefficient (Wildman–Crippen LogP) is 4.15. The number of sulfone groups is 1. The molecule has 0 atom stereocenters. The van der Waals surface area contributed by atoms with Crippen molar-refractivity contribution < 1.29 is 23.1 Å². The van der Waals surface area contributed by atoms with Crippen molar-refractivity contribution in [2.45, 2.75) is 18.4 Å². The SMILES string of the molecule is Cc1ccc(C(=O)NCc2cc(-c3ccnc(-c4cccc(C(=O)O)c4)c3)ccn2)cc1S(C)(=O)=O. The number of aromatic carboxylic acids is 1. The van der Waals surface area contributed by atoms with Gasteiger partial charge in [-0.25, -0.2) is 13.2 Å². The van der Waals surface area contributed by atoms with Gasteiger partial charge in [0.15, 0.2) is 9.84 Å². The summed E-state index contributed by atoms with van der Waals surface area (Å²) in [7, 11) is -3.45. The van der Waals surface area contributed by atoms with Crippen LogP contribution in [-0.2, 0) is 16.4 Å². The van der Waals surface area contributed by atoms with Crippen molar-refractivity contribution in [3.63, 3.8) is 0 Å². The average molecular weight is 502 g/mol. The molecule has 0 aliphatic rings. The minimum Gasteiger partial charge on any atom is -0.478 e. The van der Waals surface area contributed by atoms with Gasteiger partial charge >= 0.3 is 5.97 Å². The quantitative estimate of drug-likeness (QED) is 0.389. The zero-order chi connectivity index (χ0) is 25.9. The summed E-state index contributed by atoms with van der Waals surface area (Å²) in [5, 5.41) is 12.0. The number of carbonyl (C=O) groups excluding carboxylic acids is 1. The van der Waals surface area contributed by atoms with Crippen LogP contribution >= 0.6 is 0 Å². The monoisotopic (exact) mass is 501 g/mol. The molecule has 2 N–H and O–H groups in total. The van der Waals surface area contributed by atoms with Gasteiger partial charge in [-0.3, -0.25) is 14.8 Å². The molecule has 4 aromatic rings. The average Bonchev–Trinajstić information content (AvgIpc) is 2.87. The minimum atomic E-state index is -3.45. The lowest BCUT2D eigenvalue weighted by atomic mass is 10.0. The molecule has 2 aromatic carbocycles. The van der Waals surface area contributed by atoms with Crippen LogP contribution < -0.4 is 5.32 Å². The smallest absolute Gasteiger partial charge is 0.335 e. The Hall–Kier alpha value is -4.37. The Bertz CT molecular complexity index is 1580. The Labute approximate surface area is 208 Å². The number of nitrogens with one attached hydrogen (secondary N) is 1. The van der Waals surface area contributed by atoms with Gasteiger partial charge in [0.05, 0.1) is 28.4 Å². The van der Waals surface area contributed by atoms with E-state index in [0.717, 1.165) is 17.4 Å². The van der Waals surface area contributed by atoms with Crippen molar-refractivity contribution in [3.8, 4) is 22.4 Å². The van der Waals surface area contributed by atoms with Gasteiger partial charge in [-0.1, -0.05) is 18.2 Å². The number of rotatable bonds is 7. The Morgan fingerprint density at radius 1 is 0.861 bits per heavy atom. The van der Waals surface area contributed by atoms with Crippen LogP contribution in [0.3, 0.4) is 0 Å². The zero-order valence-electron chi connectivity index (χ0n) is 19.6. The molecule has 0 spiro atoms. The number of amides is 1. The van der Waals surface area contributed by atoms with Crippen molar-refractivity contribution in [2.75, 3.05) is 6.26 Å². The maximum Gasteiger partial charge on any atom is 0.335 e. The number of nitrogens with zero attached hydrogens (tertiary/aromatic N) is 2. The fourth-order valence-electron chi connectivity index (χ4n) is 3.75. The first kappa shape index (κ1) is 24.7. The van der Waals surface area contributed by atoms with Crippen molar-refractivity contribution in [2.24, 2.45) is 0 Å². The Morgan fingerprint density at radius 2 is 1.58 bits per heavy atom. The van der Waals surface area contributed by atoms with Gasteiger partial charge in [-0.2, -0.15) is 0 Å². The van der Waals surface area contributed by atoms with Crippen LogP contribution in [0.15, 0.2) is 84.0 Å². The van der Waals surface area contributed by atoms with E-state index in [0.29, 0.717) is 22.5 Å². The second-order valence-corrected chi connectivity index (χ2v) is 10.3. The van der Waals surface area contributed by atoms with Gasteiger partial charge < -0.3 is 10.4 Å². The van der Waals surface area contributed by atoms with E-state index >= 15 is 0 Å². The lowest BCUT2D eigenvalue weighted by molar-refractivity contribution is 0.0696. The molecule has 9 heteroatoms. The molecule has 0 unspecified atom stereocenters. The highest BCUT2D eigenvalue weighted by Crippen LogP contribution is 2.25. The van der Waals surface area contributed by atoms with Crippen molar-refractivity contribution in [3.05, 3.63) is 102 Å². The van der Waals surface area contributed by atoms with Crippen LogP contribution in [-0.4, -0.2) is 41.6 Å². The van der Waals surface area contributed by atoms with Crippen LogP contribution in [0.2, 0.25) is 0 Å². The van der Waals surface area contributed by atoms with Gasteiger partial charge in [0.1, 0.15) is 0 Å². The molecular weight excluding hydrogens is 478 g/mol. The summed E-state index contributed by atoms with van der Waals surface area (Å²) in [5.41, 5.74) is 4.64. The third-order valence-electron chi connectivity index (χ3n) is 5.59. The Morgan fingerprint density at radius 3 is 2.31 bits per heavy atom. The lowest BCUT2D eigenvalue weighted by Crippen LogP contribution is -2.23. The summed E-state index contributed by atoms with van der Waals surface area (Å²) >= 11 is 0. The number of pyridine rings is 2. The van der Waals surface area contributed by atoms with Crippen LogP contribution in [0.1, 0.15) is 32.0 Å². The highest BCUT2D eigenvalue weighted by molar-refractivity contribution is 7.90. The van der Waals surface area contributed by atoms with Gasteiger partial charge in [0.2, 0.25) is 0 Å². The molecule has 0 bridgehead atoms. The maximum absolute atomic E-state index is 12.7. The van der Waals surface area contributed by atoms with Crippen LogP contribution in [0.25, 0.3) is 22.4 Å². The summed E-state index contributed by atoms with van der Waals surface area (Å²) in [5.74, 6) is -1.41. The number of hydrogen-bond donors (Lipinski definition) is 2. The van der Waals surface area contributed by atoms with Crippen molar-refractivity contribution in [1.82, 2.24) is 15.3 Å². The van der Waals surface area contributed by atoms with E-state index in [1.54, 1.807) is 49.6 Å². The Kier molecular flexibility index (Phi) is 6.93. The number of carbonyl (C=O) groups is 2. The third-order valence-corrected chi connectivity index (χ3v) is 6.83. The third kappa shape index (κ3) is 5.64. The minimum absolute atomic E-state index is 0.123. The normalized spacial score (nSPS) is 11.2. The van der Waals surface area contributed by atoms with E-state index < -0.39 is 21.7 Å². The van der Waals surface area contributed by atoms with Gasteiger partial charge in [0, 0.05) is 29.8 Å². The summed E-state index contributed by atoms with van der Waals surface area (Å²) < 4.78 is 23.9. The molecule has 8 nitrogen and oxygen atoms in total. The van der Waals surface area contributed by atoms with Gasteiger partial charge in [0.25, 0.3) is 5.91 Å². The van der Waals surface area contributed by atoms with Crippen molar-refractivity contribution in [1.29, 1.82) is 0 Å². The van der Waals surface area contributed by atoms with Crippen LogP contribution in [0.5, 0.6) is 0 Å². The van der Waals surface area contributed by atoms with Crippen molar-refractivity contribution >= 4 is 21.7 Å². The molecule has 0 fully saturated rings. The molecule has 4 rings (SSSR count). The first-order valence-corrected chi connectivity index (χ1v) is 12.8. The number of hydrogen-bond acceptors (Lipinski definition) is 6. The first-order chi connectivity index (χ1) is 17.1. The molecule has 0 saturated carbocycles. The summed E-state index contributed by atoms with van der Waals surface area (Å²) in [6.45, 7) is 1.83. The zero-order valence-corrected chi connectivity index (χ0v) is 20.4. The fourth-order valence-corrected chi connectivity index (χ4v) is 4.74. The molecule has 0 aliphatic carbocycles. The Balaban J connectivity index is 1.53. The van der Waals surface area contributed by atoms with E-state index in [4.69, 9.17) is 0 Å². The molecule has 0 saturated heterocycles. The van der Waals surface area contributed by atoms with Gasteiger partial charge in [-0.05, 0) is 72.1 Å². The first-order valence-electron chi connectivity index (χ1n) is 11.0. The van der Waals surface area contributed by atoms with E-state index in [1.165, 1.54) is 12.1 Å². The molecule has 36 heavy (non-hydrogen) atoms. The van der Waals surface area contributed by atoms with Gasteiger partial charge in [-0.15, -0.1) is 0 Å². The molecule has 1 amide bonds. The van der Waals surface area contributed by atoms with E-state index in [2.05, 4.69) is 15.3 Å². The lowest BCUT2D eigenvalue weighted by Gasteiger charge is -2.10. The molecule has 2 aromatic heterocycles. The second kappa shape index (κ2) is 10.1. The number of aryl methyl sites for hydroxylation is 1. The summed E-state index contributed by atoms with van der Waals surface area (Å²) in [6, 6.07) is 18.5. The standard InChI is InChI=1S/C27H23N3O5S/c1-17-6-7-21(15-25(17)36(2,34)35)26(31)30-16-23-13-18(8-10-28-23)19-9-11-29-24(14-19)20-4-3-5-22(12-20)27(32)33/h3-15H,16H2,1-2H3,(H,30,31)(H,32,33). The highest BCUT2D eigenvalue weighted by atomic mass is 32.2. The molecule has 182 valence electrons.